The Labute approximate surface area is 147 Å². The van der Waals surface area contributed by atoms with E-state index in [0.717, 1.165) is 11.3 Å². The number of carbonyl (C=O) groups is 1. The normalized spacial score (nSPS) is 14.8. The number of rotatable bonds is 4. The molecule has 0 saturated heterocycles. The molecule has 0 aliphatic carbocycles. The zero-order valence-electron chi connectivity index (χ0n) is 14.4. The van der Waals surface area contributed by atoms with E-state index in [9.17, 15) is 9.90 Å². The number of ketones is 1. The van der Waals surface area contributed by atoms with E-state index in [4.69, 9.17) is 9.47 Å². The summed E-state index contributed by atoms with van der Waals surface area (Å²) in [5.74, 6) is 0.995. The molecule has 0 atom stereocenters. The van der Waals surface area contributed by atoms with Gasteiger partial charge in [-0.05, 0) is 61.9 Å². The number of carbonyl (C=O) groups excluding carboxylic acids is 1. The quantitative estimate of drug-likeness (QED) is 0.660. The third kappa shape index (κ3) is 3.58. The maximum absolute atomic E-state index is 12.4. The third-order valence-electron chi connectivity index (χ3n) is 4.01. The number of methoxy groups -OCH3 is 1. The molecule has 3 rings (SSSR count). The molecule has 1 aliphatic rings. The molecule has 4 heteroatoms. The Morgan fingerprint density at radius 1 is 1.16 bits per heavy atom. The number of hydrogen-bond acceptors (Lipinski definition) is 4. The van der Waals surface area contributed by atoms with E-state index in [1.54, 1.807) is 31.4 Å². The van der Waals surface area contributed by atoms with Gasteiger partial charge in [-0.1, -0.05) is 18.2 Å². The van der Waals surface area contributed by atoms with Crippen LogP contribution in [0.5, 0.6) is 17.2 Å². The number of phenolic OH excluding ortho intramolecular Hbond substituents is 1. The minimum Gasteiger partial charge on any atom is -0.506 e. The molecule has 0 saturated carbocycles. The Morgan fingerprint density at radius 3 is 2.56 bits per heavy atom. The topological polar surface area (TPSA) is 55.8 Å². The smallest absolute Gasteiger partial charge is 0.189 e. The van der Waals surface area contributed by atoms with Gasteiger partial charge in [-0.15, -0.1) is 0 Å². The molecule has 128 valence electrons. The Balaban J connectivity index is 1.84. The number of fused-ring (bicyclic) bond motifs is 1. The lowest BCUT2D eigenvalue weighted by atomic mass is 9.98. The number of aromatic hydroxyl groups is 1. The van der Waals surface area contributed by atoms with E-state index >= 15 is 0 Å². The average molecular weight is 336 g/mol. The molecule has 0 radical (unpaired) electrons. The lowest BCUT2D eigenvalue weighted by molar-refractivity contribution is 0.104. The first-order chi connectivity index (χ1) is 11.9. The third-order valence-corrected chi connectivity index (χ3v) is 4.01. The molecule has 1 N–H and O–H groups in total. The predicted octanol–water partition coefficient (Wildman–Crippen LogP) is 4.48. The number of phenols is 1. The highest BCUT2D eigenvalue weighted by molar-refractivity contribution is 6.09. The molecule has 0 aromatic heterocycles. The summed E-state index contributed by atoms with van der Waals surface area (Å²) < 4.78 is 10.9. The van der Waals surface area contributed by atoms with E-state index in [-0.39, 0.29) is 17.1 Å². The molecule has 0 bridgehead atoms. The summed E-state index contributed by atoms with van der Waals surface area (Å²) in [6, 6.07) is 10.7. The van der Waals surface area contributed by atoms with Gasteiger partial charge in [0.2, 0.25) is 0 Å². The van der Waals surface area contributed by atoms with Crippen LogP contribution in [-0.4, -0.2) is 23.6 Å². The van der Waals surface area contributed by atoms with Gasteiger partial charge in [0.1, 0.15) is 22.8 Å². The van der Waals surface area contributed by atoms with Gasteiger partial charge in [0.05, 0.1) is 18.2 Å². The second-order valence-corrected chi connectivity index (χ2v) is 6.38. The van der Waals surface area contributed by atoms with Crippen molar-refractivity contribution in [3.8, 4) is 17.2 Å². The molecule has 0 amide bonds. The SMILES string of the molecule is COc1ccc(C=CC(=O)c2ccc3c(c2O)C=CC(C)(C)O3)cc1. The molecule has 0 fully saturated rings. The number of benzene rings is 2. The number of ether oxygens (including phenoxy) is 2. The summed E-state index contributed by atoms with van der Waals surface area (Å²) in [6.45, 7) is 3.86. The number of allylic oxidation sites excluding steroid dienone is 1. The molecule has 0 unspecified atom stereocenters. The minimum absolute atomic E-state index is 0.0615. The fourth-order valence-corrected chi connectivity index (χ4v) is 2.62. The summed E-state index contributed by atoms with van der Waals surface area (Å²) in [7, 11) is 1.60. The molecule has 1 heterocycles. The molecular weight excluding hydrogens is 316 g/mol. The van der Waals surface area contributed by atoms with Crippen molar-refractivity contribution in [2.75, 3.05) is 7.11 Å². The van der Waals surface area contributed by atoms with Crippen LogP contribution in [0, 0.1) is 0 Å². The summed E-state index contributed by atoms with van der Waals surface area (Å²) in [6.07, 6.45) is 6.80. The fraction of sp³-hybridized carbons (Fsp3) is 0.190. The van der Waals surface area contributed by atoms with E-state index in [1.165, 1.54) is 6.08 Å². The zero-order chi connectivity index (χ0) is 18.0. The molecule has 4 nitrogen and oxygen atoms in total. The largest absolute Gasteiger partial charge is 0.506 e. The molecular formula is C21H20O4. The molecule has 0 spiro atoms. The van der Waals surface area contributed by atoms with Crippen molar-refractivity contribution in [1.29, 1.82) is 0 Å². The van der Waals surface area contributed by atoms with Crippen molar-refractivity contribution in [3.63, 3.8) is 0 Å². The van der Waals surface area contributed by atoms with Crippen LogP contribution in [0.4, 0.5) is 0 Å². The Bertz CT molecular complexity index is 858. The van der Waals surface area contributed by atoms with Crippen molar-refractivity contribution in [1.82, 2.24) is 0 Å². The molecule has 2 aromatic carbocycles. The fourth-order valence-electron chi connectivity index (χ4n) is 2.62. The van der Waals surface area contributed by atoms with E-state index in [2.05, 4.69) is 0 Å². The van der Waals surface area contributed by atoms with E-state index in [1.807, 2.05) is 44.2 Å². The van der Waals surface area contributed by atoms with Crippen LogP contribution in [-0.2, 0) is 0 Å². The maximum Gasteiger partial charge on any atom is 0.189 e. The predicted molar refractivity (Wildman–Crippen MR) is 98.2 cm³/mol. The van der Waals surface area contributed by atoms with Gasteiger partial charge in [0.25, 0.3) is 0 Å². The summed E-state index contributed by atoms with van der Waals surface area (Å²) >= 11 is 0. The van der Waals surface area contributed by atoms with Crippen LogP contribution in [0.15, 0.2) is 48.6 Å². The van der Waals surface area contributed by atoms with Crippen molar-refractivity contribution < 1.29 is 19.4 Å². The standard InChI is InChI=1S/C21H20O4/c1-21(2)13-12-17-19(25-21)11-9-16(20(17)23)18(22)10-6-14-4-7-15(24-3)8-5-14/h4-13,23H,1-3H3. The lowest BCUT2D eigenvalue weighted by Gasteiger charge is -2.28. The van der Waals surface area contributed by atoms with Gasteiger partial charge >= 0.3 is 0 Å². The van der Waals surface area contributed by atoms with Crippen molar-refractivity contribution in [2.45, 2.75) is 19.4 Å². The Hall–Kier alpha value is -3.01. The summed E-state index contributed by atoms with van der Waals surface area (Å²) in [5, 5.41) is 10.4. The van der Waals surface area contributed by atoms with Gasteiger partial charge in [-0.25, -0.2) is 0 Å². The Morgan fingerprint density at radius 2 is 1.88 bits per heavy atom. The highest BCUT2D eigenvalue weighted by Crippen LogP contribution is 2.38. The second kappa shape index (κ2) is 6.48. The average Bonchev–Trinajstić information content (AvgIpc) is 2.59. The first kappa shape index (κ1) is 16.8. The van der Waals surface area contributed by atoms with Gasteiger partial charge in [-0.3, -0.25) is 4.79 Å². The first-order valence-electron chi connectivity index (χ1n) is 8.00. The van der Waals surface area contributed by atoms with Gasteiger partial charge in [0, 0.05) is 0 Å². The van der Waals surface area contributed by atoms with E-state index < -0.39 is 5.60 Å². The minimum atomic E-state index is -0.431. The monoisotopic (exact) mass is 336 g/mol. The lowest BCUT2D eigenvalue weighted by Crippen LogP contribution is -2.27. The van der Waals surface area contributed by atoms with Gasteiger partial charge in [0.15, 0.2) is 5.78 Å². The highest BCUT2D eigenvalue weighted by atomic mass is 16.5. The second-order valence-electron chi connectivity index (χ2n) is 6.38. The highest BCUT2D eigenvalue weighted by Gasteiger charge is 2.25. The van der Waals surface area contributed by atoms with E-state index in [0.29, 0.717) is 11.3 Å². The van der Waals surface area contributed by atoms with Gasteiger partial charge < -0.3 is 14.6 Å². The summed E-state index contributed by atoms with van der Waals surface area (Å²) in [4.78, 5) is 12.4. The van der Waals surface area contributed by atoms with Crippen LogP contribution in [0.1, 0.15) is 35.3 Å². The Kier molecular flexibility index (Phi) is 4.36. The number of hydrogen-bond donors (Lipinski definition) is 1. The maximum atomic E-state index is 12.4. The van der Waals surface area contributed by atoms with Crippen molar-refractivity contribution in [3.05, 3.63) is 65.2 Å². The van der Waals surface area contributed by atoms with Crippen LogP contribution in [0.25, 0.3) is 12.2 Å². The van der Waals surface area contributed by atoms with Crippen LogP contribution >= 0.6 is 0 Å². The van der Waals surface area contributed by atoms with Crippen LogP contribution < -0.4 is 9.47 Å². The van der Waals surface area contributed by atoms with Gasteiger partial charge in [-0.2, -0.15) is 0 Å². The van der Waals surface area contributed by atoms with Crippen LogP contribution in [0.2, 0.25) is 0 Å². The molecule has 1 aliphatic heterocycles. The molecule has 2 aromatic rings. The zero-order valence-corrected chi connectivity index (χ0v) is 14.4. The van der Waals surface area contributed by atoms with Crippen molar-refractivity contribution in [2.24, 2.45) is 0 Å². The summed E-state index contributed by atoms with van der Waals surface area (Å²) in [5.41, 5.74) is 1.22. The van der Waals surface area contributed by atoms with Crippen LogP contribution in [0.3, 0.4) is 0 Å². The first-order valence-corrected chi connectivity index (χ1v) is 8.00. The molecule has 25 heavy (non-hydrogen) atoms. The van der Waals surface area contributed by atoms with Crippen molar-refractivity contribution >= 4 is 17.9 Å².